The van der Waals surface area contributed by atoms with Gasteiger partial charge in [0.1, 0.15) is 11.5 Å². The van der Waals surface area contributed by atoms with Crippen molar-refractivity contribution in [2.45, 2.75) is 96.3 Å². The summed E-state index contributed by atoms with van der Waals surface area (Å²) in [5, 5.41) is 0. The fourth-order valence-corrected chi connectivity index (χ4v) is 9.09. The third-order valence-corrected chi connectivity index (χ3v) is 11.8. The van der Waals surface area contributed by atoms with E-state index in [-0.39, 0.29) is 0 Å². The lowest BCUT2D eigenvalue weighted by molar-refractivity contribution is 0.290. The molecule has 5 aromatic carbocycles. The van der Waals surface area contributed by atoms with Crippen molar-refractivity contribution in [2.24, 2.45) is 0 Å². The maximum absolute atomic E-state index is 6.53. The van der Waals surface area contributed by atoms with Gasteiger partial charge in [0.2, 0.25) is 0 Å². The molecule has 1 spiro atoms. The molecule has 2 aliphatic rings. The Morgan fingerprint density at radius 2 is 0.923 bits per heavy atom. The van der Waals surface area contributed by atoms with Gasteiger partial charge < -0.3 is 14.4 Å². The molecule has 0 fully saturated rings. The van der Waals surface area contributed by atoms with Crippen LogP contribution in [0.15, 0.2) is 112 Å². The van der Waals surface area contributed by atoms with Gasteiger partial charge in [-0.15, -0.1) is 0 Å². The third kappa shape index (κ3) is 7.33. The van der Waals surface area contributed by atoms with Crippen LogP contribution < -0.4 is 14.4 Å². The minimum absolute atomic E-state index is 0.495. The average Bonchev–Trinajstić information content (AvgIpc) is 3.43. The molecule has 0 radical (unpaired) electrons. The highest BCUT2D eigenvalue weighted by atomic mass is 79.9. The van der Waals surface area contributed by atoms with Crippen molar-refractivity contribution in [3.8, 4) is 22.6 Å². The first-order valence-corrected chi connectivity index (χ1v) is 21.1. The summed E-state index contributed by atoms with van der Waals surface area (Å²) >= 11 is 7.71. The van der Waals surface area contributed by atoms with E-state index < -0.39 is 5.41 Å². The fourth-order valence-electron chi connectivity index (χ4n) is 8.37. The summed E-state index contributed by atoms with van der Waals surface area (Å²) in [6, 6.07) is 38.0. The predicted molar refractivity (Wildman–Crippen MR) is 225 cm³/mol. The van der Waals surface area contributed by atoms with Crippen LogP contribution in [0, 0.1) is 0 Å². The lowest BCUT2D eigenvalue weighted by Crippen LogP contribution is -2.36. The minimum atomic E-state index is -0.495. The average molecular weight is 822 g/mol. The van der Waals surface area contributed by atoms with Crippen molar-refractivity contribution in [2.75, 3.05) is 18.1 Å². The van der Waals surface area contributed by atoms with Gasteiger partial charge in [0, 0.05) is 27.1 Å². The summed E-state index contributed by atoms with van der Waals surface area (Å²) in [4.78, 5) is 2.43. The van der Waals surface area contributed by atoms with E-state index in [1.54, 1.807) is 0 Å². The first-order chi connectivity index (χ1) is 25.6. The second-order valence-corrected chi connectivity index (χ2v) is 16.2. The highest BCUT2D eigenvalue weighted by molar-refractivity contribution is 9.10. The van der Waals surface area contributed by atoms with Crippen molar-refractivity contribution in [3.05, 3.63) is 134 Å². The van der Waals surface area contributed by atoms with Crippen molar-refractivity contribution < 1.29 is 9.47 Å². The number of unbranched alkanes of at least 4 members (excludes halogenated alkanes) is 10. The van der Waals surface area contributed by atoms with Gasteiger partial charge in [0.05, 0.1) is 35.7 Å². The number of halogens is 2. The van der Waals surface area contributed by atoms with Crippen molar-refractivity contribution in [1.82, 2.24) is 0 Å². The van der Waals surface area contributed by atoms with Gasteiger partial charge >= 0.3 is 0 Å². The van der Waals surface area contributed by atoms with Crippen LogP contribution in [0.25, 0.3) is 11.1 Å². The molecule has 0 N–H and O–H groups in total. The number of rotatable bonds is 17. The second kappa shape index (κ2) is 17.1. The smallest absolute Gasteiger partial charge is 0.125 e. The standard InChI is InChI=1S/C47H51Br2NO2/c1-3-5-7-9-11-17-27-51-37-31-36(32-38(33-37)52-28-18-12-10-8-6-4-2)50-45-21-15-13-19-41(45)47(42-20-14-16-22-46(42)50)43-29-34(48)23-25-39(43)40-26-24-35(49)30-44(40)47/h13-16,19-26,29-33H,3-12,17-18,27-28H2,1-2H3. The second-order valence-electron chi connectivity index (χ2n) is 14.4. The van der Waals surface area contributed by atoms with E-state index in [1.807, 2.05) is 0 Å². The summed E-state index contributed by atoms with van der Waals surface area (Å²) < 4.78 is 15.2. The molecule has 3 nitrogen and oxygen atoms in total. The molecule has 7 rings (SSSR count). The molecule has 0 bridgehead atoms. The topological polar surface area (TPSA) is 21.7 Å². The number of anilines is 3. The van der Waals surface area contributed by atoms with E-state index in [0.29, 0.717) is 13.2 Å². The van der Waals surface area contributed by atoms with Gasteiger partial charge in [0.25, 0.3) is 0 Å². The quantitative estimate of drug-likeness (QED) is 0.0854. The van der Waals surface area contributed by atoms with E-state index in [0.717, 1.165) is 50.3 Å². The van der Waals surface area contributed by atoms with Gasteiger partial charge in [-0.3, -0.25) is 0 Å². The van der Waals surface area contributed by atoms with E-state index in [4.69, 9.17) is 9.47 Å². The van der Waals surface area contributed by atoms with E-state index in [1.165, 1.54) is 97.6 Å². The Hall–Kier alpha value is -3.54. The van der Waals surface area contributed by atoms with Crippen molar-refractivity contribution in [1.29, 1.82) is 0 Å². The summed E-state index contributed by atoms with van der Waals surface area (Å²) in [5.41, 5.74) is 10.6. The number of hydrogen-bond acceptors (Lipinski definition) is 3. The Kier molecular flexibility index (Phi) is 12.1. The van der Waals surface area contributed by atoms with Gasteiger partial charge in [-0.2, -0.15) is 0 Å². The Morgan fingerprint density at radius 1 is 0.481 bits per heavy atom. The van der Waals surface area contributed by atoms with Crippen LogP contribution in [0.3, 0.4) is 0 Å². The molecule has 0 atom stereocenters. The zero-order chi connectivity index (χ0) is 35.9. The Morgan fingerprint density at radius 3 is 1.40 bits per heavy atom. The SMILES string of the molecule is CCCCCCCCOc1cc(OCCCCCCCC)cc(N2c3ccccc3C3(c4cc(Br)ccc4-c4ccc(Br)cc43)c3ccccc32)c1. The van der Waals surface area contributed by atoms with E-state index >= 15 is 0 Å². The third-order valence-electron chi connectivity index (χ3n) is 10.8. The normalized spacial score (nSPS) is 13.4. The molecule has 0 amide bonds. The molecule has 270 valence electrons. The minimum Gasteiger partial charge on any atom is -0.493 e. The molecular weight excluding hydrogens is 770 g/mol. The molecule has 1 aliphatic heterocycles. The summed E-state index contributed by atoms with van der Waals surface area (Å²) in [7, 11) is 0. The number of ether oxygens (including phenoxy) is 2. The Bertz CT molecular complexity index is 1850. The molecule has 1 heterocycles. The molecule has 5 heteroatoms. The number of benzene rings is 5. The molecule has 5 aromatic rings. The fraction of sp³-hybridized carbons (Fsp3) is 0.362. The number of nitrogens with zero attached hydrogens (tertiary/aromatic N) is 1. The van der Waals surface area contributed by atoms with Crippen LogP contribution in [0.4, 0.5) is 17.1 Å². The summed E-state index contributed by atoms with van der Waals surface area (Å²) in [5.74, 6) is 1.73. The monoisotopic (exact) mass is 819 g/mol. The zero-order valence-corrected chi connectivity index (χ0v) is 33.9. The highest BCUT2D eigenvalue weighted by Crippen LogP contribution is 2.64. The highest BCUT2D eigenvalue weighted by Gasteiger charge is 2.51. The number of para-hydroxylation sites is 2. The summed E-state index contributed by atoms with van der Waals surface area (Å²) in [6.45, 7) is 5.95. The molecule has 0 saturated carbocycles. The molecule has 0 aromatic heterocycles. The largest absolute Gasteiger partial charge is 0.493 e. The van der Waals surface area contributed by atoms with Crippen LogP contribution in [-0.2, 0) is 5.41 Å². The van der Waals surface area contributed by atoms with Gasteiger partial charge in [-0.25, -0.2) is 0 Å². The van der Waals surface area contributed by atoms with Crippen LogP contribution in [0.2, 0.25) is 0 Å². The Balaban J connectivity index is 1.30. The van der Waals surface area contributed by atoms with E-state index in [9.17, 15) is 0 Å². The molecule has 0 saturated heterocycles. The number of fused-ring (bicyclic) bond motifs is 9. The first-order valence-electron chi connectivity index (χ1n) is 19.6. The molecule has 1 aliphatic carbocycles. The van der Waals surface area contributed by atoms with Gasteiger partial charge in [-0.05, 0) is 82.6 Å². The molecule has 52 heavy (non-hydrogen) atoms. The maximum atomic E-state index is 6.53. The first kappa shape index (κ1) is 36.8. The zero-order valence-electron chi connectivity index (χ0n) is 30.7. The molecule has 0 unspecified atom stereocenters. The molecular formula is C47H51Br2NO2. The van der Waals surface area contributed by atoms with Crippen LogP contribution in [0.5, 0.6) is 11.5 Å². The summed E-state index contributed by atoms with van der Waals surface area (Å²) in [6.07, 6.45) is 14.8. The van der Waals surface area contributed by atoms with Crippen LogP contribution in [0.1, 0.15) is 113 Å². The van der Waals surface area contributed by atoms with Crippen molar-refractivity contribution >= 4 is 48.9 Å². The van der Waals surface area contributed by atoms with E-state index in [2.05, 4.69) is 154 Å². The van der Waals surface area contributed by atoms with Crippen molar-refractivity contribution in [3.63, 3.8) is 0 Å². The van der Waals surface area contributed by atoms with Crippen LogP contribution in [-0.4, -0.2) is 13.2 Å². The number of hydrogen-bond donors (Lipinski definition) is 0. The van der Waals surface area contributed by atoms with Gasteiger partial charge in [-0.1, -0.05) is 158 Å². The predicted octanol–water partition coefficient (Wildman–Crippen LogP) is 14.8. The van der Waals surface area contributed by atoms with Crippen LogP contribution >= 0.6 is 31.9 Å². The maximum Gasteiger partial charge on any atom is 0.125 e. The Labute approximate surface area is 328 Å². The van der Waals surface area contributed by atoms with Gasteiger partial charge in [0.15, 0.2) is 0 Å². The lowest BCUT2D eigenvalue weighted by Gasteiger charge is -2.45. The lowest BCUT2D eigenvalue weighted by atomic mass is 9.64.